The molecule has 0 amide bonds. The van der Waals surface area contributed by atoms with Crippen molar-refractivity contribution in [3.05, 3.63) is 36.5 Å². The van der Waals surface area contributed by atoms with Crippen LogP contribution in [0.25, 0.3) is 0 Å². The summed E-state index contributed by atoms with van der Waals surface area (Å²) in [5.74, 6) is 1.22. The molecule has 0 aliphatic carbocycles. The zero-order valence-electron chi connectivity index (χ0n) is 11.8. The molecule has 98 valence electrons. The first-order valence-electron chi connectivity index (χ1n) is 6.76. The number of nitrogens with two attached hydrogens (primary N) is 1. The van der Waals surface area contributed by atoms with Gasteiger partial charge in [0, 0.05) is 0 Å². The van der Waals surface area contributed by atoms with Crippen LogP contribution in [0.4, 0.5) is 0 Å². The fraction of sp³-hybridized carbons (Fsp3) is 0.625. The SMILES string of the molecule is C=CCC(CN)CC(C)/C(=C\C)CC/C=C\C. The Labute approximate surface area is 107 Å². The third-order valence-corrected chi connectivity index (χ3v) is 3.36. The molecular weight excluding hydrogens is 206 g/mol. The van der Waals surface area contributed by atoms with Crippen LogP contribution in [-0.2, 0) is 0 Å². The molecule has 0 rings (SSSR count). The van der Waals surface area contributed by atoms with E-state index in [2.05, 4.69) is 45.6 Å². The van der Waals surface area contributed by atoms with Gasteiger partial charge in [0.15, 0.2) is 0 Å². The van der Waals surface area contributed by atoms with E-state index in [9.17, 15) is 0 Å². The molecular formula is C16H29N. The zero-order valence-corrected chi connectivity index (χ0v) is 11.8. The zero-order chi connectivity index (χ0) is 13.1. The molecule has 1 nitrogen and oxygen atoms in total. The molecule has 2 N–H and O–H groups in total. The summed E-state index contributed by atoms with van der Waals surface area (Å²) in [5, 5.41) is 0. The Kier molecular flexibility index (Phi) is 9.84. The van der Waals surface area contributed by atoms with Crippen LogP contribution >= 0.6 is 0 Å². The molecule has 17 heavy (non-hydrogen) atoms. The third-order valence-electron chi connectivity index (χ3n) is 3.36. The molecule has 0 radical (unpaired) electrons. The summed E-state index contributed by atoms with van der Waals surface area (Å²) in [5.41, 5.74) is 7.35. The first-order valence-corrected chi connectivity index (χ1v) is 6.76. The minimum atomic E-state index is 0.583. The summed E-state index contributed by atoms with van der Waals surface area (Å²) in [4.78, 5) is 0. The lowest BCUT2D eigenvalue weighted by molar-refractivity contribution is 0.427. The lowest BCUT2D eigenvalue weighted by atomic mass is 9.86. The summed E-state index contributed by atoms with van der Waals surface area (Å²) < 4.78 is 0. The summed E-state index contributed by atoms with van der Waals surface area (Å²) in [7, 11) is 0. The Hall–Kier alpha value is -0.820. The van der Waals surface area contributed by atoms with E-state index in [1.807, 2.05) is 6.08 Å². The fourth-order valence-corrected chi connectivity index (χ4v) is 2.27. The van der Waals surface area contributed by atoms with E-state index in [4.69, 9.17) is 5.73 Å². The van der Waals surface area contributed by atoms with Crippen molar-refractivity contribution < 1.29 is 0 Å². The van der Waals surface area contributed by atoms with Gasteiger partial charge in [0.25, 0.3) is 0 Å². The van der Waals surface area contributed by atoms with Gasteiger partial charge in [-0.2, -0.15) is 0 Å². The molecule has 0 aliphatic rings. The molecule has 0 fully saturated rings. The summed E-state index contributed by atoms with van der Waals surface area (Å²) in [6.45, 7) is 11.1. The smallest absolute Gasteiger partial charge is 0.00457 e. The van der Waals surface area contributed by atoms with Crippen LogP contribution in [0.3, 0.4) is 0 Å². The lowest BCUT2D eigenvalue weighted by Gasteiger charge is -2.21. The predicted molar refractivity (Wildman–Crippen MR) is 78.9 cm³/mol. The van der Waals surface area contributed by atoms with Gasteiger partial charge >= 0.3 is 0 Å². The molecule has 0 aromatic heterocycles. The van der Waals surface area contributed by atoms with Gasteiger partial charge in [-0.25, -0.2) is 0 Å². The highest BCUT2D eigenvalue weighted by Crippen LogP contribution is 2.25. The first-order chi connectivity index (χ1) is 8.19. The molecule has 2 unspecified atom stereocenters. The maximum atomic E-state index is 5.79. The Balaban J connectivity index is 4.23. The van der Waals surface area contributed by atoms with Crippen LogP contribution in [-0.4, -0.2) is 6.54 Å². The van der Waals surface area contributed by atoms with Crippen LogP contribution in [0.5, 0.6) is 0 Å². The first kappa shape index (κ1) is 16.2. The largest absolute Gasteiger partial charge is 0.330 e. The Bertz CT molecular complexity index is 250. The molecule has 0 aromatic rings. The van der Waals surface area contributed by atoms with Crippen molar-refractivity contribution in [3.63, 3.8) is 0 Å². The molecule has 0 spiro atoms. The number of hydrogen-bond acceptors (Lipinski definition) is 1. The highest BCUT2D eigenvalue weighted by molar-refractivity contribution is 5.06. The molecule has 0 aromatic carbocycles. The second-order valence-corrected chi connectivity index (χ2v) is 4.73. The second-order valence-electron chi connectivity index (χ2n) is 4.73. The normalized spacial score (nSPS) is 16.1. The van der Waals surface area contributed by atoms with E-state index < -0.39 is 0 Å². The topological polar surface area (TPSA) is 26.0 Å². The Morgan fingerprint density at radius 1 is 1.35 bits per heavy atom. The van der Waals surface area contributed by atoms with Crippen LogP contribution in [0.2, 0.25) is 0 Å². The van der Waals surface area contributed by atoms with Gasteiger partial charge in [-0.05, 0) is 57.9 Å². The third kappa shape index (κ3) is 7.17. The van der Waals surface area contributed by atoms with Gasteiger partial charge in [-0.3, -0.25) is 0 Å². The number of hydrogen-bond donors (Lipinski definition) is 1. The van der Waals surface area contributed by atoms with Crippen molar-refractivity contribution in [2.75, 3.05) is 6.54 Å². The lowest BCUT2D eigenvalue weighted by Crippen LogP contribution is -2.17. The van der Waals surface area contributed by atoms with Crippen molar-refractivity contribution in [1.82, 2.24) is 0 Å². The molecule has 0 saturated heterocycles. The monoisotopic (exact) mass is 235 g/mol. The summed E-state index contributed by atoms with van der Waals surface area (Å²) >= 11 is 0. The summed E-state index contributed by atoms with van der Waals surface area (Å²) in [6.07, 6.45) is 13.2. The predicted octanol–water partition coefficient (Wildman–Crippen LogP) is 4.47. The average Bonchev–Trinajstić information content (AvgIpc) is 2.34. The van der Waals surface area contributed by atoms with E-state index in [0.717, 1.165) is 19.4 Å². The quantitative estimate of drug-likeness (QED) is 0.586. The second kappa shape index (κ2) is 10.3. The van der Waals surface area contributed by atoms with E-state index in [0.29, 0.717) is 11.8 Å². The van der Waals surface area contributed by atoms with E-state index in [1.165, 1.54) is 12.8 Å². The van der Waals surface area contributed by atoms with Crippen molar-refractivity contribution in [1.29, 1.82) is 0 Å². The molecule has 0 heterocycles. The number of rotatable bonds is 9. The van der Waals surface area contributed by atoms with E-state index in [1.54, 1.807) is 5.57 Å². The minimum Gasteiger partial charge on any atom is -0.330 e. The highest BCUT2D eigenvalue weighted by Gasteiger charge is 2.13. The molecule has 0 bridgehead atoms. The molecule has 1 heteroatoms. The number of allylic oxidation sites excluding steroid dienone is 5. The maximum Gasteiger partial charge on any atom is -0.00457 e. The van der Waals surface area contributed by atoms with Crippen molar-refractivity contribution in [3.8, 4) is 0 Å². The van der Waals surface area contributed by atoms with Crippen LogP contribution in [0.1, 0.15) is 46.5 Å². The van der Waals surface area contributed by atoms with Gasteiger partial charge in [-0.1, -0.05) is 36.8 Å². The standard InChI is InChI=1S/C16H29N/c1-5-8-9-11-16(7-3)14(4)12-15(13-17)10-6-2/h5-8,14-15H,2,9-13,17H2,1,3-4H3/b8-5-,16-7-. The molecule has 0 saturated carbocycles. The van der Waals surface area contributed by atoms with Gasteiger partial charge in [-0.15, -0.1) is 6.58 Å². The van der Waals surface area contributed by atoms with Crippen LogP contribution in [0.15, 0.2) is 36.5 Å². The minimum absolute atomic E-state index is 0.583. The van der Waals surface area contributed by atoms with Crippen LogP contribution < -0.4 is 5.73 Å². The van der Waals surface area contributed by atoms with Crippen LogP contribution in [0, 0.1) is 11.8 Å². The maximum absolute atomic E-state index is 5.79. The van der Waals surface area contributed by atoms with E-state index >= 15 is 0 Å². The fourth-order valence-electron chi connectivity index (χ4n) is 2.27. The van der Waals surface area contributed by atoms with E-state index in [-0.39, 0.29) is 0 Å². The Morgan fingerprint density at radius 2 is 2.06 bits per heavy atom. The van der Waals surface area contributed by atoms with Gasteiger partial charge < -0.3 is 5.73 Å². The van der Waals surface area contributed by atoms with Gasteiger partial charge in [0.2, 0.25) is 0 Å². The van der Waals surface area contributed by atoms with Crippen molar-refractivity contribution in [2.24, 2.45) is 17.6 Å². The highest BCUT2D eigenvalue weighted by atomic mass is 14.5. The van der Waals surface area contributed by atoms with Gasteiger partial charge in [0.05, 0.1) is 0 Å². The summed E-state index contributed by atoms with van der Waals surface area (Å²) in [6, 6.07) is 0. The Morgan fingerprint density at radius 3 is 2.53 bits per heavy atom. The molecule has 2 atom stereocenters. The van der Waals surface area contributed by atoms with Gasteiger partial charge in [0.1, 0.15) is 0 Å². The van der Waals surface area contributed by atoms with Crippen molar-refractivity contribution >= 4 is 0 Å². The van der Waals surface area contributed by atoms with Crippen molar-refractivity contribution in [2.45, 2.75) is 46.5 Å². The molecule has 0 aliphatic heterocycles. The average molecular weight is 235 g/mol.